The molecule has 5 heteroatoms. The van der Waals surface area contributed by atoms with Gasteiger partial charge in [0.1, 0.15) is 0 Å². The number of carbonyl (C=O) groups excluding carboxylic acids is 1. The Bertz CT molecular complexity index is 938. The summed E-state index contributed by atoms with van der Waals surface area (Å²) in [5, 5.41) is 1.03. The van der Waals surface area contributed by atoms with E-state index in [1.165, 1.54) is 24.0 Å². The van der Waals surface area contributed by atoms with Crippen molar-refractivity contribution in [1.29, 1.82) is 0 Å². The van der Waals surface area contributed by atoms with Gasteiger partial charge >= 0.3 is 0 Å². The van der Waals surface area contributed by atoms with Crippen molar-refractivity contribution >= 4 is 29.1 Å². The van der Waals surface area contributed by atoms with Crippen LogP contribution in [0.4, 0.5) is 0 Å². The summed E-state index contributed by atoms with van der Waals surface area (Å²) in [5.74, 6) is 0.191. The number of nitrogens with zero attached hydrogens (tertiary/aromatic N) is 2. The Hall–Kier alpha value is -1.81. The fourth-order valence-corrected chi connectivity index (χ4v) is 5.24. The third-order valence-corrected chi connectivity index (χ3v) is 7.39. The minimum absolute atomic E-state index is 0.191. The summed E-state index contributed by atoms with van der Waals surface area (Å²) in [5.41, 5.74) is 3.81. The molecule has 2 saturated heterocycles. The second-order valence-corrected chi connectivity index (χ2v) is 9.83. The van der Waals surface area contributed by atoms with Gasteiger partial charge in [0.2, 0.25) is 5.91 Å². The Morgan fingerprint density at radius 3 is 2.50 bits per heavy atom. The highest BCUT2D eigenvalue weighted by molar-refractivity contribution is 6.42. The fraction of sp³-hybridized carbons (Fsp3) is 0.444. The fourth-order valence-electron chi connectivity index (χ4n) is 4.92. The zero-order chi connectivity index (χ0) is 22.3. The Morgan fingerprint density at radius 1 is 0.969 bits per heavy atom. The van der Waals surface area contributed by atoms with Gasteiger partial charge in [-0.1, -0.05) is 71.2 Å². The maximum atomic E-state index is 13.3. The summed E-state index contributed by atoms with van der Waals surface area (Å²) in [6.07, 6.45) is 9.42. The Labute approximate surface area is 202 Å². The lowest BCUT2D eigenvalue weighted by atomic mass is 9.93. The summed E-state index contributed by atoms with van der Waals surface area (Å²) in [4.78, 5) is 17.9. The van der Waals surface area contributed by atoms with Crippen molar-refractivity contribution in [2.45, 2.75) is 51.0 Å². The van der Waals surface area contributed by atoms with Crippen LogP contribution < -0.4 is 0 Å². The largest absolute Gasteiger partial charge is 0.337 e. The number of amides is 1. The van der Waals surface area contributed by atoms with E-state index in [9.17, 15) is 4.79 Å². The summed E-state index contributed by atoms with van der Waals surface area (Å²) < 4.78 is 0. The number of carbonyl (C=O) groups is 1. The van der Waals surface area contributed by atoms with Crippen molar-refractivity contribution in [3.05, 3.63) is 81.4 Å². The number of piperidine rings is 1. The van der Waals surface area contributed by atoms with E-state index < -0.39 is 0 Å². The third-order valence-electron chi connectivity index (χ3n) is 6.65. The second kappa shape index (κ2) is 11.4. The molecule has 2 aliphatic rings. The van der Waals surface area contributed by atoms with E-state index >= 15 is 0 Å². The minimum atomic E-state index is 0.191. The molecule has 2 aliphatic heterocycles. The molecule has 1 unspecified atom stereocenters. The molecule has 1 amide bonds. The molecule has 0 spiro atoms. The molecule has 3 nitrogen and oxygen atoms in total. The minimum Gasteiger partial charge on any atom is -0.337 e. The zero-order valence-electron chi connectivity index (χ0n) is 18.6. The first-order valence-electron chi connectivity index (χ1n) is 11.8. The predicted octanol–water partition coefficient (Wildman–Crippen LogP) is 6.18. The van der Waals surface area contributed by atoms with Gasteiger partial charge in [-0.3, -0.25) is 4.79 Å². The Morgan fingerprint density at radius 2 is 1.75 bits per heavy atom. The van der Waals surface area contributed by atoms with Crippen LogP contribution in [0.3, 0.4) is 0 Å². The molecule has 0 saturated carbocycles. The van der Waals surface area contributed by atoms with Crippen LogP contribution in [-0.2, 0) is 17.6 Å². The van der Waals surface area contributed by atoms with Crippen molar-refractivity contribution in [1.82, 2.24) is 9.80 Å². The number of benzene rings is 2. The van der Waals surface area contributed by atoms with Gasteiger partial charge in [-0.05, 0) is 74.9 Å². The predicted molar refractivity (Wildman–Crippen MR) is 133 cm³/mol. The third kappa shape index (κ3) is 6.37. The molecule has 2 aromatic carbocycles. The Balaban J connectivity index is 1.41. The first-order valence-corrected chi connectivity index (χ1v) is 12.5. The zero-order valence-corrected chi connectivity index (χ0v) is 20.1. The molecular weight excluding hydrogens is 439 g/mol. The average Bonchev–Trinajstić information content (AvgIpc) is 3.30. The van der Waals surface area contributed by atoms with E-state index in [2.05, 4.69) is 46.2 Å². The highest BCUT2D eigenvalue weighted by Gasteiger charge is 2.30. The average molecular weight is 471 g/mol. The first kappa shape index (κ1) is 23.4. The van der Waals surface area contributed by atoms with Crippen molar-refractivity contribution in [3.63, 3.8) is 0 Å². The molecule has 0 radical (unpaired) electrons. The molecule has 0 N–H and O–H groups in total. The molecule has 2 heterocycles. The lowest BCUT2D eigenvalue weighted by Gasteiger charge is -2.39. The van der Waals surface area contributed by atoms with E-state index in [0.29, 0.717) is 16.5 Å². The quantitative estimate of drug-likeness (QED) is 0.450. The second-order valence-electron chi connectivity index (χ2n) is 9.01. The summed E-state index contributed by atoms with van der Waals surface area (Å²) in [6.45, 7) is 4.08. The van der Waals surface area contributed by atoms with Gasteiger partial charge in [0.25, 0.3) is 0 Å². The van der Waals surface area contributed by atoms with Gasteiger partial charge in [0.05, 0.1) is 16.5 Å². The van der Waals surface area contributed by atoms with Gasteiger partial charge < -0.3 is 9.80 Å². The standard InChI is InChI=1S/C27H32Cl2N2O/c28-25-12-11-23(18-26(25)29)19-27(32)31-16-13-22(10-6-9-21-7-2-1-3-8-21)17-24(31)20-30-14-4-5-15-30/h1-3,7-8,10-12,18,24H,4-6,9,13-17,19-20H2/b22-10+. The van der Waals surface area contributed by atoms with E-state index in [1.807, 2.05) is 12.1 Å². The van der Waals surface area contributed by atoms with Crippen LogP contribution in [-0.4, -0.2) is 47.9 Å². The van der Waals surface area contributed by atoms with Crippen LogP contribution in [0.5, 0.6) is 0 Å². The van der Waals surface area contributed by atoms with Crippen LogP contribution in [0.25, 0.3) is 0 Å². The number of halogens is 2. The number of likely N-dealkylation sites (tertiary alicyclic amines) is 2. The molecule has 170 valence electrons. The molecule has 0 aliphatic carbocycles. The van der Waals surface area contributed by atoms with Crippen LogP contribution in [0, 0.1) is 0 Å². The van der Waals surface area contributed by atoms with Crippen LogP contribution in [0.2, 0.25) is 10.0 Å². The van der Waals surface area contributed by atoms with Crippen molar-refractivity contribution in [2.24, 2.45) is 0 Å². The van der Waals surface area contributed by atoms with Gasteiger partial charge in [0.15, 0.2) is 0 Å². The lowest BCUT2D eigenvalue weighted by Crippen LogP contribution is -2.50. The SMILES string of the molecule is O=C(Cc1ccc(Cl)c(Cl)c1)N1CC/C(=C\CCc2ccccc2)CC1CN1CCCC1. The normalized spacial score (nSPS) is 20.8. The van der Waals surface area contributed by atoms with E-state index in [0.717, 1.165) is 57.4 Å². The number of hydrogen-bond donors (Lipinski definition) is 0. The van der Waals surface area contributed by atoms with Crippen LogP contribution in [0.1, 0.15) is 43.2 Å². The summed E-state index contributed by atoms with van der Waals surface area (Å²) in [6, 6.07) is 16.4. The number of allylic oxidation sites excluding steroid dienone is 1. The van der Waals surface area contributed by atoms with Gasteiger partial charge in [-0.2, -0.15) is 0 Å². The summed E-state index contributed by atoms with van der Waals surface area (Å²) >= 11 is 12.2. The highest BCUT2D eigenvalue weighted by Crippen LogP contribution is 2.27. The van der Waals surface area contributed by atoms with Crippen LogP contribution in [0.15, 0.2) is 60.2 Å². The maximum absolute atomic E-state index is 13.3. The molecule has 0 bridgehead atoms. The first-order chi connectivity index (χ1) is 15.6. The molecule has 32 heavy (non-hydrogen) atoms. The highest BCUT2D eigenvalue weighted by atomic mass is 35.5. The maximum Gasteiger partial charge on any atom is 0.227 e. The van der Waals surface area contributed by atoms with Crippen molar-refractivity contribution in [3.8, 4) is 0 Å². The molecule has 2 fully saturated rings. The molecule has 4 rings (SSSR count). The Kier molecular flexibility index (Phi) is 8.29. The smallest absolute Gasteiger partial charge is 0.227 e. The molecule has 0 aromatic heterocycles. The summed E-state index contributed by atoms with van der Waals surface area (Å²) in [7, 11) is 0. The molecule has 2 aromatic rings. The number of hydrogen-bond acceptors (Lipinski definition) is 2. The van der Waals surface area contributed by atoms with E-state index in [-0.39, 0.29) is 11.9 Å². The van der Waals surface area contributed by atoms with Gasteiger partial charge in [-0.25, -0.2) is 0 Å². The topological polar surface area (TPSA) is 23.6 Å². The van der Waals surface area contributed by atoms with Gasteiger partial charge in [0, 0.05) is 19.1 Å². The number of rotatable bonds is 7. The van der Waals surface area contributed by atoms with E-state index in [4.69, 9.17) is 23.2 Å². The number of aryl methyl sites for hydroxylation is 1. The molecular formula is C27H32Cl2N2O. The van der Waals surface area contributed by atoms with Crippen molar-refractivity contribution in [2.75, 3.05) is 26.2 Å². The monoisotopic (exact) mass is 470 g/mol. The molecule has 1 atom stereocenters. The van der Waals surface area contributed by atoms with Gasteiger partial charge in [-0.15, -0.1) is 0 Å². The van der Waals surface area contributed by atoms with Crippen LogP contribution >= 0.6 is 23.2 Å². The lowest BCUT2D eigenvalue weighted by molar-refractivity contribution is -0.133. The van der Waals surface area contributed by atoms with Crippen molar-refractivity contribution < 1.29 is 4.79 Å². The van der Waals surface area contributed by atoms with E-state index in [1.54, 1.807) is 6.07 Å².